The molecule has 1 N–H and O–H groups in total. The Balaban J connectivity index is 1.97. The Morgan fingerprint density at radius 2 is 1.93 bits per heavy atom. The van der Waals surface area contributed by atoms with E-state index < -0.39 is 17.6 Å². The fourth-order valence-corrected chi connectivity index (χ4v) is 3.04. The summed E-state index contributed by atoms with van der Waals surface area (Å²) < 4.78 is 41.3. The minimum absolute atomic E-state index is 0.0257. The van der Waals surface area contributed by atoms with E-state index in [1.54, 1.807) is 25.1 Å². The number of aromatic nitrogens is 3. The Labute approximate surface area is 158 Å². The first-order valence-electron chi connectivity index (χ1n) is 8.04. The molecule has 5 nitrogen and oxygen atoms in total. The van der Waals surface area contributed by atoms with E-state index in [4.69, 9.17) is 11.6 Å². The highest BCUT2D eigenvalue weighted by Crippen LogP contribution is 2.36. The summed E-state index contributed by atoms with van der Waals surface area (Å²) in [5, 5.41) is 7.16. The molecule has 0 unspecified atom stereocenters. The van der Waals surface area contributed by atoms with E-state index in [9.17, 15) is 18.0 Å². The maximum atomic E-state index is 13.4. The Bertz CT molecular complexity index is 1040. The van der Waals surface area contributed by atoms with Gasteiger partial charge >= 0.3 is 6.18 Å². The molecule has 0 bridgehead atoms. The number of alkyl halides is 3. The molecule has 2 aromatic heterocycles. The van der Waals surface area contributed by atoms with Crippen LogP contribution in [0.15, 0.2) is 24.3 Å². The number of rotatable bonds is 3. The van der Waals surface area contributed by atoms with E-state index in [0.29, 0.717) is 10.7 Å². The summed E-state index contributed by atoms with van der Waals surface area (Å²) in [4.78, 5) is 16.6. The van der Waals surface area contributed by atoms with Crippen molar-refractivity contribution in [1.29, 1.82) is 0 Å². The fourth-order valence-electron chi connectivity index (χ4n) is 2.87. The first kappa shape index (κ1) is 19.2. The van der Waals surface area contributed by atoms with Gasteiger partial charge in [0.2, 0.25) is 5.91 Å². The van der Waals surface area contributed by atoms with Gasteiger partial charge in [-0.2, -0.15) is 18.3 Å². The van der Waals surface area contributed by atoms with E-state index in [-0.39, 0.29) is 29.0 Å². The maximum absolute atomic E-state index is 13.4. The smallest absolute Gasteiger partial charge is 0.324 e. The van der Waals surface area contributed by atoms with Crippen molar-refractivity contribution in [3.05, 3.63) is 51.8 Å². The van der Waals surface area contributed by atoms with Gasteiger partial charge in [-0.3, -0.25) is 4.79 Å². The molecule has 0 radical (unpaired) electrons. The molecule has 9 heteroatoms. The van der Waals surface area contributed by atoms with Crippen molar-refractivity contribution < 1.29 is 18.0 Å². The first-order chi connectivity index (χ1) is 12.6. The summed E-state index contributed by atoms with van der Waals surface area (Å²) in [5.74, 6) is -0.443. The van der Waals surface area contributed by atoms with Gasteiger partial charge in [-0.15, -0.1) is 0 Å². The summed E-state index contributed by atoms with van der Waals surface area (Å²) >= 11 is 5.93. The third-order valence-electron chi connectivity index (χ3n) is 4.08. The van der Waals surface area contributed by atoms with Crippen LogP contribution in [0.4, 0.5) is 18.9 Å². The highest BCUT2D eigenvalue weighted by Gasteiger charge is 2.35. The monoisotopic (exact) mass is 396 g/mol. The number of carbonyl (C=O) groups is 1. The Kier molecular flexibility index (Phi) is 4.86. The van der Waals surface area contributed by atoms with Crippen LogP contribution in [0.1, 0.15) is 22.5 Å². The van der Waals surface area contributed by atoms with Gasteiger partial charge in [0.15, 0.2) is 5.65 Å². The predicted molar refractivity (Wildman–Crippen MR) is 96.8 cm³/mol. The van der Waals surface area contributed by atoms with Crippen LogP contribution in [0.25, 0.3) is 11.0 Å². The van der Waals surface area contributed by atoms with Gasteiger partial charge in [0.1, 0.15) is 6.54 Å². The molecular weight excluding hydrogens is 381 g/mol. The lowest BCUT2D eigenvalue weighted by Gasteiger charge is -2.11. The van der Waals surface area contributed by atoms with Crippen LogP contribution in [0, 0.1) is 20.8 Å². The zero-order valence-electron chi connectivity index (χ0n) is 14.8. The largest absolute Gasteiger partial charge is 0.417 e. The van der Waals surface area contributed by atoms with Crippen LogP contribution in [0.3, 0.4) is 0 Å². The van der Waals surface area contributed by atoms with Gasteiger partial charge in [0.25, 0.3) is 0 Å². The van der Waals surface area contributed by atoms with Crippen molar-refractivity contribution in [3.63, 3.8) is 0 Å². The molecule has 0 aliphatic rings. The standard InChI is InChI=1S/C18H16ClF3N4O/c1-9-4-5-12(19)7-14(9)24-15(27)8-26-17-16(11(3)25-26)13(18(20,21)22)6-10(2)23-17/h4-7H,8H2,1-3H3,(H,24,27). The molecule has 1 amide bonds. The second kappa shape index (κ2) is 6.84. The highest BCUT2D eigenvalue weighted by atomic mass is 35.5. The van der Waals surface area contributed by atoms with Crippen molar-refractivity contribution in [2.45, 2.75) is 33.5 Å². The van der Waals surface area contributed by atoms with Crippen molar-refractivity contribution in [1.82, 2.24) is 14.8 Å². The molecule has 0 saturated heterocycles. The van der Waals surface area contributed by atoms with E-state index in [1.807, 2.05) is 0 Å². The van der Waals surface area contributed by atoms with Crippen molar-refractivity contribution in [2.75, 3.05) is 5.32 Å². The summed E-state index contributed by atoms with van der Waals surface area (Å²) in [6.45, 7) is 4.46. The molecule has 0 fully saturated rings. The summed E-state index contributed by atoms with van der Waals surface area (Å²) in [5.41, 5.74) is 0.916. The molecular formula is C18H16ClF3N4O. The summed E-state index contributed by atoms with van der Waals surface area (Å²) in [6, 6.07) is 6.04. The number of nitrogens with zero attached hydrogens (tertiary/aromatic N) is 3. The first-order valence-corrected chi connectivity index (χ1v) is 8.42. The minimum Gasteiger partial charge on any atom is -0.324 e. The molecule has 0 spiro atoms. The number of hydrogen-bond acceptors (Lipinski definition) is 3. The molecule has 0 aliphatic carbocycles. The van der Waals surface area contributed by atoms with Crippen LogP contribution >= 0.6 is 11.6 Å². The average Bonchev–Trinajstić information content (AvgIpc) is 2.85. The van der Waals surface area contributed by atoms with Gasteiger partial charge in [-0.1, -0.05) is 17.7 Å². The van der Waals surface area contributed by atoms with Gasteiger partial charge in [-0.25, -0.2) is 9.67 Å². The number of fused-ring (bicyclic) bond motifs is 1. The SMILES string of the molecule is Cc1cc(C(F)(F)F)c2c(C)nn(CC(=O)Nc3cc(Cl)ccc3C)c2n1. The van der Waals surface area contributed by atoms with Crippen LogP contribution < -0.4 is 5.32 Å². The number of carbonyl (C=O) groups excluding carboxylic acids is 1. The lowest BCUT2D eigenvalue weighted by atomic mass is 10.1. The number of halogens is 4. The molecule has 3 rings (SSSR count). The number of pyridine rings is 1. The lowest BCUT2D eigenvalue weighted by Crippen LogP contribution is -2.20. The quantitative estimate of drug-likeness (QED) is 0.700. The number of benzene rings is 1. The second-order valence-corrected chi connectivity index (χ2v) is 6.69. The van der Waals surface area contributed by atoms with Crippen LogP contribution in [-0.4, -0.2) is 20.7 Å². The van der Waals surface area contributed by atoms with E-state index >= 15 is 0 Å². The Morgan fingerprint density at radius 1 is 1.22 bits per heavy atom. The van der Waals surface area contributed by atoms with Crippen molar-refractivity contribution in [2.24, 2.45) is 0 Å². The third-order valence-corrected chi connectivity index (χ3v) is 4.31. The van der Waals surface area contributed by atoms with E-state index in [0.717, 1.165) is 11.6 Å². The molecule has 0 atom stereocenters. The summed E-state index contributed by atoms with van der Waals surface area (Å²) in [6.07, 6.45) is -4.54. The van der Waals surface area contributed by atoms with Gasteiger partial charge in [0.05, 0.1) is 16.6 Å². The number of anilines is 1. The number of amides is 1. The molecule has 1 aromatic carbocycles. The van der Waals surface area contributed by atoms with Crippen molar-refractivity contribution >= 4 is 34.2 Å². The summed E-state index contributed by atoms with van der Waals surface area (Å²) in [7, 11) is 0. The molecule has 0 aliphatic heterocycles. The fraction of sp³-hybridized carbons (Fsp3) is 0.278. The molecule has 142 valence electrons. The Hall–Kier alpha value is -2.61. The zero-order valence-corrected chi connectivity index (χ0v) is 15.5. The van der Waals surface area contributed by atoms with Gasteiger partial charge in [0, 0.05) is 16.4 Å². The molecule has 27 heavy (non-hydrogen) atoms. The maximum Gasteiger partial charge on any atom is 0.417 e. The van der Waals surface area contributed by atoms with E-state index in [1.165, 1.54) is 18.5 Å². The topological polar surface area (TPSA) is 59.8 Å². The van der Waals surface area contributed by atoms with Gasteiger partial charge < -0.3 is 5.32 Å². The third kappa shape index (κ3) is 3.90. The number of nitrogens with one attached hydrogen (secondary N) is 1. The van der Waals surface area contributed by atoms with Crippen LogP contribution in [0.5, 0.6) is 0 Å². The molecule has 0 saturated carbocycles. The van der Waals surface area contributed by atoms with E-state index in [2.05, 4.69) is 15.4 Å². The number of aryl methyl sites for hydroxylation is 3. The van der Waals surface area contributed by atoms with Gasteiger partial charge in [-0.05, 0) is 44.5 Å². The zero-order chi connectivity index (χ0) is 19.9. The van der Waals surface area contributed by atoms with Crippen LogP contribution in [0.2, 0.25) is 5.02 Å². The molecule has 3 aromatic rings. The minimum atomic E-state index is -4.54. The average molecular weight is 397 g/mol. The highest BCUT2D eigenvalue weighted by molar-refractivity contribution is 6.31. The molecule has 2 heterocycles. The Morgan fingerprint density at radius 3 is 2.59 bits per heavy atom. The lowest BCUT2D eigenvalue weighted by molar-refractivity contribution is -0.136. The van der Waals surface area contributed by atoms with Crippen molar-refractivity contribution in [3.8, 4) is 0 Å². The number of hydrogen-bond donors (Lipinski definition) is 1. The predicted octanol–water partition coefficient (Wildman–Crippen LogP) is 4.67. The van der Waals surface area contributed by atoms with Crippen LogP contribution in [-0.2, 0) is 17.5 Å². The normalized spacial score (nSPS) is 11.8. The second-order valence-electron chi connectivity index (χ2n) is 6.26.